The van der Waals surface area contributed by atoms with Gasteiger partial charge in [-0.2, -0.15) is 0 Å². The summed E-state index contributed by atoms with van der Waals surface area (Å²) in [5, 5.41) is 9.10. The van der Waals surface area contributed by atoms with E-state index in [0.717, 1.165) is 32.0 Å². The Morgan fingerprint density at radius 2 is 1.71 bits per heavy atom. The standard InChI is InChI=1S/C23H33N5/c1-19(16-20-8-4-3-5-9-20)17-28-14-10-21(11-15-28)23-25-24-22(26(23)2)18-27-12-6-7-13-27/h3-5,8-9,16,21H,6-7,10-15,17-18H2,1-2H3. The summed E-state index contributed by atoms with van der Waals surface area (Å²) < 4.78 is 2.26. The smallest absolute Gasteiger partial charge is 0.146 e. The van der Waals surface area contributed by atoms with Crippen LogP contribution < -0.4 is 0 Å². The van der Waals surface area contributed by atoms with Crippen molar-refractivity contribution in [2.24, 2.45) is 7.05 Å². The summed E-state index contributed by atoms with van der Waals surface area (Å²) in [4.78, 5) is 5.07. The van der Waals surface area contributed by atoms with E-state index in [0.29, 0.717) is 5.92 Å². The summed E-state index contributed by atoms with van der Waals surface area (Å²) >= 11 is 0. The summed E-state index contributed by atoms with van der Waals surface area (Å²) in [6.45, 7) is 8.93. The Labute approximate surface area is 169 Å². The van der Waals surface area contributed by atoms with Crippen molar-refractivity contribution in [2.75, 3.05) is 32.7 Å². The van der Waals surface area contributed by atoms with Crippen molar-refractivity contribution in [3.8, 4) is 0 Å². The van der Waals surface area contributed by atoms with Crippen LogP contribution in [0.4, 0.5) is 0 Å². The van der Waals surface area contributed by atoms with E-state index in [1.165, 1.54) is 55.7 Å². The van der Waals surface area contributed by atoms with Gasteiger partial charge in [-0.1, -0.05) is 42.0 Å². The topological polar surface area (TPSA) is 37.2 Å². The van der Waals surface area contributed by atoms with Crippen LogP contribution in [0.25, 0.3) is 6.08 Å². The van der Waals surface area contributed by atoms with Crippen molar-refractivity contribution in [3.05, 3.63) is 53.1 Å². The second-order valence-electron chi connectivity index (χ2n) is 8.47. The average Bonchev–Trinajstić information content (AvgIpc) is 3.34. The first-order valence-electron chi connectivity index (χ1n) is 10.7. The molecule has 0 radical (unpaired) electrons. The second kappa shape index (κ2) is 9.01. The molecule has 2 fully saturated rings. The zero-order valence-electron chi connectivity index (χ0n) is 17.3. The van der Waals surface area contributed by atoms with Gasteiger partial charge in [0.15, 0.2) is 0 Å². The molecule has 5 heteroatoms. The maximum atomic E-state index is 4.58. The molecule has 1 aromatic heterocycles. The lowest BCUT2D eigenvalue weighted by atomic mass is 9.95. The summed E-state index contributed by atoms with van der Waals surface area (Å²) in [5.74, 6) is 2.85. The van der Waals surface area contributed by atoms with Gasteiger partial charge in [0.25, 0.3) is 0 Å². The molecule has 4 rings (SSSR count). The maximum absolute atomic E-state index is 4.58. The first kappa shape index (κ1) is 19.3. The number of benzene rings is 1. The number of piperidine rings is 1. The quantitative estimate of drug-likeness (QED) is 0.767. The van der Waals surface area contributed by atoms with Gasteiger partial charge in [0.2, 0.25) is 0 Å². The minimum Gasteiger partial charge on any atom is -0.317 e. The fourth-order valence-corrected chi connectivity index (χ4v) is 4.59. The van der Waals surface area contributed by atoms with Crippen LogP contribution in [0.5, 0.6) is 0 Å². The van der Waals surface area contributed by atoms with E-state index in [4.69, 9.17) is 0 Å². The molecule has 0 saturated carbocycles. The van der Waals surface area contributed by atoms with Gasteiger partial charge < -0.3 is 4.57 Å². The van der Waals surface area contributed by atoms with Gasteiger partial charge in [0.1, 0.15) is 11.6 Å². The molecule has 2 aromatic rings. The molecule has 1 aromatic carbocycles. The molecule has 3 heterocycles. The van der Waals surface area contributed by atoms with E-state index in [1.54, 1.807) is 0 Å². The van der Waals surface area contributed by atoms with Gasteiger partial charge in [-0.25, -0.2) is 0 Å². The zero-order valence-corrected chi connectivity index (χ0v) is 17.3. The molecule has 2 aliphatic heterocycles. The molecule has 2 saturated heterocycles. The number of aromatic nitrogens is 3. The molecular formula is C23H33N5. The van der Waals surface area contributed by atoms with Crippen LogP contribution in [0.3, 0.4) is 0 Å². The predicted octanol–water partition coefficient (Wildman–Crippen LogP) is 3.69. The lowest BCUT2D eigenvalue weighted by Crippen LogP contribution is -2.34. The molecule has 0 spiro atoms. The van der Waals surface area contributed by atoms with Crippen molar-refractivity contribution in [2.45, 2.75) is 45.1 Å². The van der Waals surface area contributed by atoms with Crippen LogP contribution in [0.15, 0.2) is 35.9 Å². The summed E-state index contributed by atoms with van der Waals surface area (Å²) in [5.41, 5.74) is 2.72. The fourth-order valence-electron chi connectivity index (χ4n) is 4.59. The Morgan fingerprint density at radius 1 is 1.00 bits per heavy atom. The lowest BCUT2D eigenvalue weighted by molar-refractivity contribution is 0.223. The Morgan fingerprint density at radius 3 is 2.43 bits per heavy atom. The molecule has 28 heavy (non-hydrogen) atoms. The highest BCUT2D eigenvalue weighted by molar-refractivity contribution is 5.52. The molecule has 0 bridgehead atoms. The van der Waals surface area contributed by atoms with Gasteiger partial charge in [-0.3, -0.25) is 9.80 Å². The highest BCUT2D eigenvalue weighted by atomic mass is 15.3. The number of hydrogen-bond acceptors (Lipinski definition) is 4. The van der Waals surface area contributed by atoms with Crippen LogP contribution >= 0.6 is 0 Å². The third-order valence-electron chi connectivity index (χ3n) is 6.20. The van der Waals surface area contributed by atoms with Crippen molar-refractivity contribution in [1.29, 1.82) is 0 Å². The molecule has 0 amide bonds. The highest BCUT2D eigenvalue weighted by Crippen LogP contribution is 2.27. The van der Waals surface area contributed by atoms with Crippen molar-refractivity contribution >= 4 is 6.08 Å². The molecule has 150 valence electrons. The fraction of sp³-hybridized carbons (Fsp3) is 0.565. The number of rotatable bonds is 6. The summed E-state index contributed by atoms with van der Waals surface area (Å²) in [6.07, 6.45) is 7.30. The van der Waals surface area contributed by atoms with Gasteiger partial charge in [0.05, 0.1) is 6.54 Å². The maximum Gasteiger partial charge on any atom is 0.146 e. The van der Waals surface area contributed by atoms with Gasteiger partial charge >= 0.3 is 0 Å². The molecule has 0 unspecified atom stereocenters. The molecule has 0 N–H and O–H groups in total. The van der Waals surface area contributed by atoms with Gasteiger partial charge in [-0.05, 0) is 64.3 Å². The third-order valence-corrected chi connectivity index (χ3v) is 6.20. The summed E-state index contributed by atoms with van der Waals surface area (Å²) in [6, 6.07) is 10.6. The Bertz CT molecular complexity index is 781. The Kier molecular flexibility index (Phi) is 6.23. The molecular weight excluding hydrogens is 346 g/mol. The third kappa shape index (κ3) is 4.70. The minimum absolute atomic E-state index is 0.541. The van der Waals surface area contributed by atoms with E-state index in [1.807, 2.05) is 0 Å². The molecule has 0 aliphatic carbocycles. The van der Waals surface area contributed by atoms with Crippen molar-refractivity contribution in [3.63, 3.8) is 0 Å². The van der Waals surface area contributed by atoms with Gasteiger partial charge in [0, 0.05) is 19.5 Å². The molecule has 0 atom stereocenters. The van der Waals surface area contributed by atoms with E-state index < -0.39 is 0 Å². The number of likely N-dealkylation sites (tertiary alicyclic amines) is 2. The van der Waals surface area contributed by atoms with E-state index in [9.17, 15) is 0 Å². The SMILES string of the molecule is CC(=Cc1ccccc1)CN1CCC(c2nnc(CN3CCCC3)n2C)CC1. The molecule has 5 nitrogen and oxygen atoms in total. The van der Waals surface area contributed by atoms with E-state index in [2.05, 4.69) is 74.9 Å². The molecule has 2 aliphatic rings. The van der Waals surface area contributed by atoms with Crippen molar-refractivity contribution in [1.82, 2.24) is 24.6 Å². The monoisotopic (exact) mass is 379 g/mol. The van der Waals surface area contributed by atoms with Crippen LogP contribution in [0.1, 0.15) is 55.7 Å². The Hall–Kier alpha value is -1.98. The van der Waals surface area contributed by atoms with Crippen LogP contribution in [-0.2, 0) is 13.6 Å². The van der Waals surface area contributed by atoms with Crippen LogP contribution in [-0.4, -0.2) is 57.3 Å². The number of nitrogens with zero attached hydrogens (tertiary/aromatic N) is 5. The predicted molar refractivity (Wildman–Crippen MR) is 114 cm³/mol. The first-order chi connectivity index (χ1) is 13.7. The van der Waals surface area contributed by atoms with Crippen LogP contribution in [0.2, 0.25) is 0 Å². The van der Waals surface area contributed by atoms with Gasteiger partial charge in [-0.15, -0.1) is 10.2 Å². The normalized spacial score (nSPS) is 20.1. The zero-order chi connectivity index (χ0) is 19.3. The van der Waals surface area contributed by atoms with E-state index >= 15 is 0 Å². The second-order valence-corrected chi connectivity index (χ2v) is 8.47. The van der Waals surface area contributed by atoms with Crippen molar-refractivity contribution < 1.29 is 0 Å². The highest BCUT2D eigenvalue weighted by Gasteiger charge is 2.26. The lowest BCUT2D eigenvalue weighted by Gasteiger charge is -2.31. The van der Waals surface area contributed by atoms with Crippen LogP contribution in [0, 0.1) is 0 Å². The number of hydrogen-bond donors (Lipinski definition) is 0. The Balaban J connectivity index is 1.30. The first-order valence-corrected chi connectivity index (χ1v) is 10.7. The van der Waals surface area contributed by atoms with E-state index in [-0.39, 0.29) is 0 Å². The summed E-state index contributed by atoms with van der Waals surface area (Å²) in [7, 11) is 2.15. The largest absolute Gasteiger partial charge is 0.317 e. The minimum atomic E-state index is 0.541. The average molecular weight is 380 g/mol.